The lowest BCUT2D eigenvalue weighted by molar-refractivity contribution is -0.137. The number of alkyl halides is 3. The minimum Gasteiger partial charge on any atom is -0.447 e. The molecule has 1 saturated heterocycles. The summed E-state index contributed by atoms with van der Waals surface area (Å²) in [5.74, 6) is -0.0661. The fraction of sp³-hybridized carbons (Fsp3) is 0.348. The summed E-state index contributed by atoms with van der Waals surface area (Å²) >= 11 is 0. The Bertz CT molecular complexity index is 1060. The normalized spacial score (nSPS) is 15.5. The molecule has 1 aliphatic heterocycles. The monoisotopic (exact) mass is 459 g/mol. The van der Waals surface area contributed by atoms with Gasteiger partial charge < -0.3 is 9.73 Å². The van der Waals surface area contributed by atoms with Gasteiger partial charge in [-0.05, 0) is 29.3 Å². The molecule has 10 heteroatoms. The van der Waals surface area contributed by atoms with Crippen LogP contribution in [-0.4, -0.2) is 51.9 Å². The van der Waals surface area contributed by atoms with Crippen LogP contribution in [0.3, 0.4) is 0 Å². The number of aromatic nitrogens is 2. The molecule has 0 radical (unpaired) electrons. The van der Waals surface area contributed by atoms with Gasteiger partial charge in [0, 0.05) is 51.7 Å². The van der Waals surface area contributed by atoms with Gasteiger partial charge in [-0.2, -0.15) is 13.2 Å². The van der Waals surface area contributed by atoms with Crippen LogP contribution in [0.1, 0.15) is 33.1 Å². The smallest absolute Gasteiger partial charge is 0.416 e. The third-order valence-electron chi connectivity index (χ3n) is 5.44. The highest BCUT2D eigenvalue weighted by molar-refractivity contribution is 5.91. The predicted octanol–water partition coefficient (Wildman–Crippen LogP) is 3.34. The molecule has 174 valence electrons. The van der Waals surface area contributed by atoms with Crippen molar-refractivity contribution < 1.29 is 22.4 Å². The van der Waals surface area contributed by atoms with E-state index in [1.807, 2.05) is 12.3 Å². The van der Waals surface area contributed by atoms with Gasteiger partial charge in [0.1, 0.15) is 6.26 Å². The van der Waals surface area contributed by atoms with Crippen molar-refractivity contribution in [2.75, 3.05) is 26.2 Å². The highest BCUT2D eigenvalue weighted by Crippen LogP contribution is 2.29. The molecular weight excluding hydrogens is 435 g/mol. The summed E-state index contributed by atoms with van der Waals surface area (Å²) in [6.07, 6.45) is 0.483. The Morgan fingerprint density at radius 1 is 1.03 bits per heavy atom. The van der Waals surface area contributed by atoms with Gasteiger partial charge in [-0.1, -0.05) is 18.2 Å². The van der Waals surface area contributed by atoms with Gasteiger partial charge in [-0.3, -0.25) is 19.6 Å². The molecule has 3 aromatic rings. The Balaban J connectivity index is 1.24. The van der Waals surface area contributed by atoms with E-state index >= 15 is 0 Å². The molecule has 1 N–H and O–H groups in total. The van der Waals surface area contributed by atoms with Crippen LogP contribution in [0.5, 0.6) is 0 Å². The first kappa shape index (κ1) is 22.9. The molecule has 2 aromatic heterocycles. The lowest BCUT2D eigenvalue weighted by Gasteiger charge is -2.33. The number of benzene rings is 1. The summed E-state index contributed by atoms with van der Waals surface area (Å²) in [5.41, 5.74) is 0.885. The minimum absolute atomic E-state index is 0.0379. The number of hydrogen-bond donors (Lipinski definition) is 1. The fourth-order valence-corrected chi connectivity index (χ4v) is 3.66. The number of nitrogens with one attached hydrogen (secondary N) is 1. The number of carbonyl (C=O) groups excluding carboxylic acids is 1. The zero-order valence-electron chi connectivity index (χ0n) is 17.9. The minimum atomic E-state index is -4.43. The molecule has 7 nitrogen and oxygen atoms in total. The highest BCUT2D eigenvalue weighted by Gasteiger charge is 2.30. The van der Waals surface area contributed by atoms with Crippen LogP contribution >= 0.6 is 0 Å². The highest BCUT2D eigenvalue weighted by atomic mass is 19.4. The van der Waals surface area contributed by atoms with Gasteiger partial charge in [0.25, 0.3) is 5.91 Å². The first-order valence-corrected chi connectivity index (χ1v) is 10.6. The molecule has 0 spiro atoms. The fourth-order valence-electron chi connectivity index (χ4n) is 3.66. The van der Waals surface area contributed by atoms with Crippen LogP contribution in [0.2, 0.25) is 0 Å². The van der Waals surface area contributed by atoms with Crippen molar-refractivity contribution in [3.8, 4) is 0 Å². The summed E-state index contributed by atoms with van der Waals surface area (Å²) in [6, 6.07) is 8.84. The Hall–Kier alpha value is -3.24. The van der Waals surface area contributed by atoms with Gasteiger partial charge in [-0.15, -0.1) is 0 Å². The molecule has 3 heterocycles. The van der Waals surface area contributed by atoms with E-state index in [-0.39, 0.29) is 12.2 Å². The van der Waals surface area contributed by atoms with Crippen molar-refractivity contribution in [3.05, 3.63) is 83.3 Å². The maximum absolute atomic E-state index is 12.8. The van der Waals surface area contributed by atoms with Crippen molar-refractivity contribution in [1.82, 2.24) is 25.1 Å². The van der Waals surface area contributed by atoms with E-state index in [0.29, 0.717) is 18.0 Å². The maximum Gasteiger partial charge on any atom is 0.416 e. The van der Waals surface area contributed by atoms with Crippen molar-refractivity contribution in [1.29, 1.82) is 0 Å². The largest absolute Gasteiger partial charge is 0.447 e. The number of hydrogen-bond acceptors (Lipinski definition) is 6. The Kier molecular flexibility index (Phi) is 7.05. The number of halogens is 3. The average Bonchev–Trinajstić information content (AvgIpc) is 3.28. The second kappa shape index (κ2) is 10.1. The van der Waals surface area contributed by atoms with Crippen molar-refractivity contribution >= 4 is 5.91 Å². The van der Waals surface area contributed by atoms with Gasteiger partial charge >= 0.3 is 6.18 Å². The van der Waals surface area contributed by atoms with Crippen molar-refractivity contribution in [3.63, 3.8) is 0 Å². The van der Waals surface area contributed by atoms with E-state index in [0.717, 1.165) is 44.9 Å². The number of oxazole rings is 1. The lowest BCUT2D eigenvalue weighted by Crippen LogP contribution is -2.45. The predicted molar refractivity (Wildman–Crippen MR) is 114 cm³/mol. The number of rotatable bonds is 7. The molecule has 0 aliphatic carbocycles. The third-order valence-corrected chi connectivity index (χ3v) is 5.44. The number of amides is 1. The second-order valence-corrected chi connectivity index (χ2v) is 7.92. The summed E-state index contributed by atoms with van der Waals surface area (Å²) in [5, 5.41) is 2.59. The molecule has 0 bridgehead atoms. The van der Waals surface area contributed by atoms with Crippen LogP contribution in [0.25, 0.3) is 0 Å². The van der Waals surface area contributed by atoms with Gasteiger partial charge in [0.15, 0.2) is 5.69 Å². The average molecular weight is 459 g/mol. The van der Waals surface area contributed by atoms with E-state index in [9.17, 15) is 18.0 Å². The topological polar surface area (TPSA) is 74.5 Å². The molecule has 4 rings (SSSR count). The molecule has 33 heavy (non-hydrogen) atoms. The molecule has 0 saturated carbocycles. The van der Waals surface area contributed by atoms with E-state index in [1.165, 1.54) is 24.0 Å². The zero-order chi connectivity index (χ0) is 23.3. The maximum atomic E-state index is 12.8. The Morgan fingerprint density at radius 2 is 1.76 bits per heavy atom. The van der Waals surface area contributed by atoms with Crippen LogP contribution in [-0.2, 0) is 25.8 Å². The van der Waals surface area contributed by atoms with Gasteiger partial charge in [0.2, 0.25) is 5.89 Å². The first-order chi connectivity index (χ1) is 15.9. The third kappa shape index (κ3) is 6.39. The van der Waals surface area contributed by atoms with Crippen molar-refractivity contribution in [2.45, 2.75) is 25.8 Å². The SMILES string of the molecule is O=C(NCc1cccc(C(F)(F)F)c1)c1coc(CN2CCN(Cc3cccnc3)CC2)n1. The van der Waals surface area contributed by atoms with Gasteiger partial charge in [0.05, 0.1) is 12.1 Å². The number of piperazine rings is 1. The van der Waals surface area contributed by atoms with E-state index in [1.54, 1.807) is 6.20 Å². The standard InChI is InChI=1S/C23H24F3N5O2/c24-23(25,26)19-5-1-3-17(11-19)13-28-22(32)20-16-33-21(29-20)15-31-9-7-30(8-10-31)14-18-4-2-6-27-12-18/h1-6,11-12,16H,7-10,13-15H2,(H,28,32). The molecular formula is C23H24F3N5O2. The molecule has 1 fully saturated rings. The number of pyridine rings is 1. The Labute approximate surface area is 189 Å². The quantitative estimate of drug-likeness (QED) is 0.584. The molecule has 1 aromatic carbocycles. The summed E-state index contributed by atoms with van der Waals surface area (Å²) < 4.78 is 43.9. The second-order valence-electron chi connectivity index (χ2n) is 7.92. The molecule has 0 atom stereocenters. The van der Waals surface area contributed by atoms with Crippen molar-refractivity contribution in [2.24, 2.45) is 0 Å². The van der Waals surface area contributed by atoms with Crippen LogP contribution in [0, 0.1) is 0 Å². The van der Waals surface area contributed by atoms with E-state index < -0.39 is 17.6 Å². The van der Waals surface area contributed by atoms with E-state index in [2.05, 4.69) is 31.2 Å². The molecule has 1 aliphatic rings. The number of nitrogens with zero attached hydrogens (tertiary/aromatic N) is 4. The zero-order valence-corrected chi connectivity index (χ0v) is 17.9. The van der Waals surface area contributed by atoms with Crippen LogP contribution < -0.4 is 5.32 Å². The van der Waals surface area contributed by atoms with Gasteiger partial charge in [-0.25, -0.2) is 4.98 Å². The van der Waals surface area contributed by atoms with E-state index in [4.69, 9.17) is 4.42 Å². The summed E-state index contributed by atoms with van der Waals surface area (Å²) in [4.78, 5) is 25.3. The molecule has 0 unspecified atom stereocenters. The summed E-state index contributed by atoms with van der Waals surface area (Å²) in [7, 11) is 0. The molecule has 1 amide bonds. The summed E-state index contributed by atoms with van der Waals surface area (Å²) in [6.45, 7) is 4.81. The number of carbonyl (C=O) groups is 1. The van der Waals surface area contributed by atoms with Crippen LogP contribution in [0.15, 0.2) is 59.5 Å². The first-order valence-electron chi connectivity index (χ1n) is 10.6. The lowest BCUT2D eigenvalue weighted by atomic mass is 10.1. The van der Waals surface area contributed by atoms with Crippen LogP contribution in [0.4, 0.5) is 13.2 Å². The Morgan fingerprint density at radius 3 is 2.45 bits per heavy atom.